The molecule has 5 nitrogen and oxygen atoms in total. The molecule has 8 heteroatoms. The van der Waals surface area contributed by atoms with Gasteiger partial charge in [0.2, 0.25) is 10.0 Å². The average Bonchev–Trinajstić information content (AvgIpc) is 2.38. The number of benzene rings is 1. The van der Waals surface area contributed by atoms with Gasteiger partial charge in [-0.1, -0.05) is 32.8 Å². The molecule has 21 heavy (non-hydrogen) atoms. The number of hydrogen-bond donors (Lipinski definition) is 1. The van der Waals surface area contributed by atoms with Crippen LogP contribution in [0.1, 0.15) is 33.6 Å². The highest BCUT2D eigenvalue weighted by molar-refractivity contribution is 8.13. The Labute approximate surface area is 131 Å². The lowest BCUT2D eigenvalue weighted by molar-refractivity contribution is 0.390. The zero-order valence-corrected chi connectivity index (χ0v) is 14.6. The Hall–Kier alpha value is -0.630. The van der Waals surface area contributed by atoms with Crippen molar-refractivity contribution in [3.05, 3.63) is 24.3 Å². The van der Waals surface area contributed by atoms with Crippen LogP contribution in [0.3, 0.4) is 0 Å². The molecule has 0 fully saturated rings. The molecule has 1 aromatic carbocycles. The van der Waals surface area contributed by atoms with Gasteiger partial charge in [-0.05, 0) is 31.0 Å². The summed E-state index contributed by atoms with van der Waals surface area (Å²) in [6, 6.07) is 4.77. The summed E-state index contributed by atoms with van der Waals surface area (Å²) in [5.41, 5.74) is 0. The maximum atomic E-state index is 12.3. The van der Waals surface area contributed by atoms with E-state index in [0.29, 0.717) is 0 Å². The number of sulfonamides is 1. The molecule has 0 saturated carbocycles. The van der Waals surface area contributed by atoms with Crippen LogP contribution in [0.25, 0.3) is 0 Å². The van der Waals surface area contributed by atoms with Crippen LogP contribution in [0.15, 0.2) is 34.1 Å². The SMILES string of the molecule is CCC(CC)C(C)NS(=O)(=O)c1cccc(S(=O)(=O)Cl)c1. The maximum Gasteiger partial charge on any atom is 0.261 e. The third-order valence-corrected chi connectivity index (χ3v) is 6.40. The van der Waals surface area contributed by atoms with Crippen molar-refractivity contribution in [2.24, 2.45) is 5.92 Å². The molecule has 1 aromatic rings. The van der Waals surface area contributed by atoms with E-state index in [4.69, 9.17) is 10.7 Å². The first-order chi connectivity index (χ1) is 9.61. The van der Waals surface area contributed by atoms with E-state index in [1.807, 2.05) is 13.8 Å². The molecule has 1 atom stereocenters. The highest BCUT2D eigenvalue weighted by atomic mass is 35.7. The van der Waals surface area contributed by atoms with Crippen molar-refractivity contribution in [1.29, 1.82) is 0 Å². The third-order valence-electron chi connectivity index (χ3n) is 3.49. The summed E-state index contributed by atoms with van der Waals surface area (Å²) in [7, 11) is -2.50. The molecule has 1 N–H and O–H groups in total. The summed E-state index contributed by atoms with van der Waals surface area (Å²) in [6.45, 7) is 5.80. The highest BCUT2D eigenvalue weighted by Gasteiger charge is 2.23. The van der Waals surface area contributed by atoms with Crippen LogP contribution in [0.2, 0.25) is 0 Å². The van der Waals surface area contributed by atoms with E-state index in [1.165, 1.54) is 18.2 Å². The van der Waals surface area contributed by atoms with Crippen molar-refractivity contribution in [1.82, 2.24) is 4.72 Å². The monoisotopic (exact) mass is 353 g/mol. The summed E-state index contributed by atoms with van der Waals surface area (Å²) in [4.78, 5) is -0.343. The van der Waals surface area contributed by atoms with E-state index < -0.39 is 19.1 Å². The lowest BCUT2D eigenvalue weighted by Gasteiger charge is -2.22. The van der Waals surface area contributed by atoms with Gasteiger partial charge in [0, 0.05) is 16.7 Å². The molecule has 0 aliphatic heterocycles. The van der Waals surface area contributed by atoms with Gasteiger partial charge in [0.05, 0.1) is 9.79 Å². The van der Waals surface area contributed by atoms with Crippen LogP contribution in [-0.4, -0.2) is 22.9 Å². The molecule has 0 radical (unpaired) electrons. The second-order valence-electron chi connectivity index (χ2n) is 4.90. The van der Waals surface area contributed by atoms with Crippen LogP contribution in [0, 0.1) is 5.92 Å². The van der Waals surface area contributed by atoms with Gasteiger partial charge in [0.25, 0.3) is 9.05 Å². The predicted octanol–water partition coefficient (Wildman–Crippen LogP) is 2.72. The quantitative estimate of drug-likeness (QED) is 0.764. The average molecular weight is 354 g/mol. The van der Waals surface area contributed by atoms with Crippen LogP contribution in [0.4, 0.5) is 0 Å². The lowest BCUT2D eigenvalue weighted by Crippen LogP contribution is -2.37. The molecule has 120 valence electrons. The van der Waals surface area contributed by atoms with Gasteiger partial charge in [0.15, 0.2) is 0 Å². The van der Waals surface area contributed by atoms with Gasteiger partial charge in [-0.25, -0.2) is 21.6 Å². The molecule has 0 heterocycles. The Morgan fingerprint density at radius 2 is 1.62 bits per heavy atom. The third kappa shape index (κ3) is 4.95. The van der Waals surface area contributed by atoms with Crippen LogP contribution in [0.5, 0.6) is 0 Å². The van der Waals surface area contributed by atoms with E-state index in [9.17, 15) is 16.8 Å². The fourth-order valence-corrected chi connectivity index (χ4v) is 4.43. The minimum Gasteiger partial charge on any atom is -0.208 e. The molecule has 0 spiro atoms. The minimum absolute atomic E-state index is 0.109. The molecular formula is C13H20ClNO4S2. The first kappa shape index (κ1) is 18.4. The van der Waals surface area contributed by atoms with E-state index in [1.54, 1.807) is 6.92 Å². The van der Waals surface area contributed by atoms with Crippen molar-refractivity contribution in [2.45, 2.75) is 49.4 Å². The van der Waals surface area contributed by atoms with Crippen LogP contribution < -0.4 is 4.72 Å². The van der Waals surface area contributed by atoms with E-state index >= 15 is 0 Å². The van der Waals surface area contributed by atoms with E-state index in [0.717, 1.165) is 18.9 Å². The van der Waals surface area contributed by atoms with Gasteiger partial charge in [0.1, 0.15) is 0 Å². The maximum absolute atomic E-state index is 12.3. The van der Waals surface area contributed by atoms with Gasteiger partial charge in [-0.15, -0.1) is 0 Å². The summed E-state index contributed by atoms with van der Waals surface area (Å²) in [5, 5.41) is 0. The molecule has 0 bridgehead atoms. The van der Waals surface area contributed by atoms with E-state index in [2.05, 4.69) is 4.72 Å². The van der Waals surface area contributed by atoms with Gasteiger partial charge in [-0.2, -0.15) is 0 Å². The minimum atomic E-state index is -3.96. The number of hydrogen-bond acceptors (Lipinski definition) is 4. The number of rotatable bonds is 7. The van der Waals surface area contributed by atoms with Gasteiger partial charge >= 0.3 is 0 Å². The summed E-state index contributed by atoms with van der Waals surface area (Å²) in [6.07, 6.45) is 1.71. The van der Waals surface area contributed by atoms with Crippen molar-refractivity contribution < 1.29 is 16.8 Å². The topological polar surface area (TPSA) is 80.3 Å². The number of halogens is 1. The smallest absolute Gasteiger partial charge is 0.208 e. The Morgan fingerprint density at radius 3 is 2.10 bits per heavy atom. The Morgan fingerprint density at radius 1 is 1.10 bits per heavy atom. The molecule has 0 amide bonds. The first-order valence-electron chi connectivity index (χ1n) is 6.68. The fourth-order valence-electron chi connectivity index (χ4n) is 2.20. The second kappa shape index (κ2) is 7.09. The molecule has 1 unspecified atom stereocenters. The molecule has 0 aromatic heterocycles. The molecule has 0 aliphatic carbocycles. The Balaban J connectivity index is 3.09. The summed E-state index contributed by atoms with van der Waals surface area (Å²) in [5.74, 6) is 0.222. The normalized spacial score (nSPS) is 14.3. The second-order valence-corrected chi connectivity index (χ2v) is 9.18. The predicted molar refractivity (Wildman–Crippen MR) is 83.3 cm³/mol. The van der Waals surface area contributed by atoms with Crippen LogP contribution in [-0.2, 0) is 19.1 Å². The Bertz CT molecular complexity index is 682. The van der Waals surface area contributed by atoms with Crippen molar-refractivity contribution in [3.63, 3.8) is 0 Å². The lowest BCUT2D eigenvalue weighted by atomic mass is 9.96. The first-order valence-corrected chi connectivity index (χ1v) is 10.5. The molecule has 0 saturated heterocycles. The van der Waals surface area contributed by atoms with E-state index in [-0.39, 0.29) is 21.8 Å². The van der Waals surface area contributed by atoms with Crippen molar-refractivity contribution in [2.75, 3.05) is 0 Å². The molecule has 0 aliphatic rings. The van der Waals surface area contributed by atoms with Gasteiger partial charge in [-0.3, -0.25) is 0 Å². The molecular weight excluding hydrogens is 334 g/mol. The van der Waals surface area contributed by atoms with Crippen molar-refractivity contribution in [3.8, 4) is 0 Å². The van der Waals surface area contributed by atoms with Crippen LogP contribution >= 0.6 is 10.7 Å². The van der Waals surface area contributed by atoms with Gasteiger partial charge < -0.3 is 0 Å². The molecule has 1 rings (SSSR count). The summed E-state index contributed by atoms with van der Waals surface area (Å²) >= 11 is 0. The largest absolute Gasteiger partial charge is 0.261 e. The fraction of sp³-hybridized carbons (Fsp3) is 0.538. The standard InChI is InChI=1S/C13H20ClNO4S2/c1-4-11(5-2)10(3)15-21(18,19)13-8-6-7-12(9-13)20(14,16)17/h6-11,15H,4-5H2,1-3H3. The Kier molecular flexibility index (Phi) is 6.22. The number of nitrogens with one attached hydrogen (secondary N) is 1. The zero-order valence-electron chi connectivity index (χ0n) is 12.2. The highest BCUT2D eigenvalue weighted by Crippen LogP contribution is 2.20. The summed E-state index contributed by atoms with van der Waals surface area (Å²) < 4.78 is 49.8. The van der Waals surface area contributed by atoms with Crippen molar-refractivity contribution >= 4 is 29.8 Å². The zero-order chi connectivity index (χ0) is 16.3.